The number of nitrogens with one attached hydrogen (secondary N) is 1. The summed E-state index contributed by atoms with van der Waals surface area (Å²) in [6.45, 7) is 7.01. The summed E-state index contributed by atoms with van der Waals surface area (Å²) in [7, 11) is 0. The van der Waals surface area contributed by atoms with Crippen LogP contribution < -0.4 is 10.1 Å². The lowest BCUT2D eigenvalue weighted by Crippen LogP contribution is -2.22. The Bertz CT molecular complexity index is 577. The van der Waals surface area contributed by atoms with Gasteiger partial charge in [-0.15, -0.1) is 11.3 Å². The van der Waals surface area contributed by atoms with Crippen LogP contribution in [0.3, 0.4) is 0 Å². The van der Waals surface area contributed by atoms with Crippen molar-refractivity contribution in [3.63, 3.8) is 0 Å². The molecule has 1 aliphatic heterocycles. The number of aromatic nitrogens is 1. The molecule has 0 saturated carbocycles. The number of ether oxygens (including phenoxy) is 1. The highest BCUT2D eigenvalue weighted by Gasteiger charge is 2.14. The largest absolute Gasteiger partial charge is 0.493 e. The summed E-state index contributed by atoms with van der Waals surface area (Å²) < 4.78 is 5.96. The molecule has 0 aliphatic carbocycles. The van der Waals surface area contributed by atoms with Crippen LogP contribution in [0.4, 0.5) is 0 Å². The van der Waals surface area contributed by atoms with E-state index < -0.39 is 0 Å². The minimum atomic E-state index is 0.758. The Balaban J connectivity index is 1.51. The van der Waals surface area contributed by atoms with Gasteiger partial charge < -0.3 is 10.1 Å². The van der Waals surface area contributed by atoms with Crippen molar-refractivity contribution in [2.75, 3.05) is 13.2 Å². The van der Waals surface area contributed by atoms with Crippen molar-refractivity contribution in [2.45, 2.75) is 39.7 Å². The van der Waals surface area contributed by atoms with E-state index in [0.717, 1.165) is 44.7 Å². The maximum absolute atomic E-state index is 5.96. The topological polar surface area (TPSA) is 34.1 Å². The van der Waals surface area contributed by atoms with Crippen LogP contribution in [-0.2, 0) is 19.4 Å². The lowest BCUT2D eigenvalue weighted by molar-refractivity contribution is 0.307. The highest BCUT2D eigenvalue weighted by Crippen LogP contribution is 2.24. The van der Waals surface area contributed by atoms with Gasteiger partial charge in [0.25, 0.3) is 0 Å². The van der Waals surface area contributed by atoms with Crippen molar-refractivity contribution >= 4 is 11.3 Å². The average molecular weight is 302 g/mol. The number of para-hydroxylation sites is 1. The van der Waals surface area contributed by atoms with Gasteiger partial charge in [-0.3, -0.25) is 0 Å². The van der Waals surface area contributed by atoms with Gasteiger partial charge in [0.1, 0.15) is 5.75 Å². The van der Waals surface area contributed by atoms with Crippen LogP contribution in [0.15, 0.2) is 18.2 Å². The van der Waals surface area contributed by atoms with Crippen LogP contribution in [0.5, 0.6) is 5.75 Å². The van der Waals surface area contributed by atoms with Crippen molar-refractivity contribution in [3.8, 4) is 5.75 Å². The van der Waals surface area contributed by atoms with Gasteiger partial charge in [0.2, 0.25) is 0 Å². The molecule has 1 N–H and O–H groups in total. The fourth-order valence-electron chi connectivity index (χ4n) is 2.71. The Labute approximate surface area is 130 Å². The van der Waals surface area contributed by atoms with Gasteiger partial charge in [0.15, 0.2) is 0 Å². The van der Waals surface area contributed by atoms with Crippen molar-refractivity contribution in [1.29, 1.82) is 0 Å². The molecule has 1 aliphatic rings. The zero-order valence-electron chi connectivity index (χ0n) is 12.7. The number of thiazole rings is 1. The molecule has 0 spiro atoms. The van der Waals surface area contributed by atoms with E-state index in [0.29, 0.717) is 0 Å². The van der Waals surface area contributed by atoms with Gasteiger partial charge >= 0.3 is 0 Å². The smallest absolute Gasteiger partial charge is 0.125 e. The molecule has 0 radical (unpaired) electrons. The van der Waals surface area contributed by atoms with E-state index in [-0.39, 0.29) is 0 Å². The molecule has 3 nitrogen and oxygen atoms in total. The molecule has 0 amide bonds. The van der Waals surface area contributed by atoms with Crippen LogP contribution in [-0.4, -0.2) is 18.1 Å². The predicted octanol–water partition coefficient (Wildman–Crippen LogP) is 3.42. The molecule has 0 saturated heterocycles. The predicted molar refractivity (Wildman–Crippen MR) is 87.3 cm³/mol. The molecule has 0 unspecified atom stereocenters. The first-order chi connectivity index (χ1) is 10.2. The number of benzene rings is 1. The Morgan fingerprint density at radius 1 is 1.29 bits per heavy atom. The van der Waals surface area contributed by atoms with Gasteiger partial charge in [-0.05, 0) is 31.4 Å². The third kappa shape index (κ3) is 3.44. The van der Waals surface area contributed by atoms with Crippen LogP contribution in [0, 0.1) is 13.8 Å². The van der Waals surface area contributed by atoms with Gasteiger partial charge in [0.05, 0.1) is 17.3 Å². The maximum atomic E-state index is 5.96. The Kier molecular flexibility index (Phi) is 4.56. The van der Waals surface area contributed by atoms with E-state index in [1.807, 2.05) is 11.3 Å². The summed E-state index contributed by atoms with van der Waals surface area (Å²) in [4.78, 5) is 6.18. The minimum Gasteiger partial charge on any atom is -0.493 e. The number of fused-ring (bicyclic) bond motifs is 1. The van der Waals surface area contributed by atoms with Gasteiger partial charge in [-0.25, -0.2) is 4.98 Å². The molecule has 3 rings (SSSR count). The molecule has 1 aromatic carbocycles. The highest BCUT2D eigenvalue weighted by atomic mass is 32.1. The fourth-order valence-corrected chi connectivity index (χ4v) is 3.84. The second-order valence-electron chi connectivity index (χ2n) is 5.58. The summed E-state index contributed by atoms with van der Waals surface area (Å²) in [5.41, 5.74) is 3.74. The van der Waals surface area contributed by atoms with Gasteiger partial charge in [-0.2, -0.15) is 0 Å². The zero-order chi connectivity index (χ0) is 14.7. The first kappa shape index (κ1) is 14.5. The van der Waals surface area contributed by atoms with Crippen molar-refractivity contribution in [3.05, 3.63) is 44.9 Å². The quantitative estimate of drug-likeness (QED) is 0.859. The summed E-state index contributed by atoms with van der Waals surface area (Å²) in [6.07, 6.45) is 3.11. The first-order valence-electron chi connectivity index (χ1n) is 7.61. The first-order valence-corrected chi connectivity index (χ1v) is 8.43. The van der Waals surface area contributed by atoms with E-state index in [1.54, 1.807) is 0 Å². The molecule has 112 valence electrons. The maximum Gasteiger partial charge on any atom is 0.125 e. The lowest BCUT2D eigenvalue weighted by Gasteiger charge is -2.11. The Hall–Kier alpha value is -1.39. The summed E-state index contributed by atoms with van der Waals surface area (Å²) >= 11 is 1.86. The van der Waals surface area contributed by atoms with Crippen LogP contribution in [0.1, 0.15) is 33.1 Å². The second-order valence-corrected chi connectivity index (χ2v) is 6.75. The van der Waals surface area contributed by atoms with Crippen molar-refractivity contribution in [2.24, 2.45) is 0 Å². The normalized spacial score (nSPS) is 14.0. The molecule has 0 atom stereocenters. The van der Waals surface area contributed by atoms with E-state index in [4.69, 9.17) is 9.72 Å². The summed E-state index contributed by atoms with van der Waals surface area (Å²) in [6, 6.07) is 6.28. The molecule has 21 heavy (non-hydrogen) atoms. The van der Waals surface area contributed by atoms with Crippen molar-refractivity contribution < 1.29 is 4.74 Å². The SMILES string of the molecule is Cc1cccc(C)c1OCCCc1nc2c(s1)CNCC2. The Morgan fingerprint density at radius 2 is 2.10 bits per heavy atom. The number of nitrogens with zero attached hydrogens (tertiary/aromatic N) is 1. The summed E-state index contributed by atoms with van der Waals surface area (Å²) in [5, 5.41) is 4.66. The van der Waals surface area contributed by atoms with Crippen LogP contribution in [0.2, 0.25) is 0 Å². The number of hydrogen-bond acceptors (Lipinski definition) is 4. The Morgan fingerprint density at radius 3 is 2.86 bits per heavy atom. The zero-order valence-corrected chi connectivity index (χ0v) is 13.6. The molecule has 2 heterocycles. The monoisotopic (exact) mass is 302 g/mol. The van der Waals surface area contributed by atoms with Gasteiger partial charge in [-0.1, -0.05) is 18.2 Å². The average Bonchev–Trinajstić information content (AvgIpc) is 2.88. The molecule has 4 heteroatoms. The molecular formula is C17H22N2OS. The standard InChI is InChI=1S/C17H22N2OS/c1-12-5-3-6-13(2)17(12)20-10-4-7-16-19-14-8-9-18-11-15(14)21-16/h3,5-6,18H,4,7-11H2,1-2H3. The summed E-state index contributed by atoms with van der Waals surface area (Å²) in [5.74, 6) is 1.04. The van der Waals surface area contributed by atoms with E-state index >= 15 is 0 Å². The number of hydrogen-bond donors (Lipinski definition) is 1. The number of rotatable bonds is 5. The van der Waals surface area contributed by atoms with E-state index in [9.17, 15) is 0 Å². The number of aryl methyl sites for hydroxylation is 3. The molecule has 1 aromatic heterocycles. The van der Waals surface area contributed by atoms with Crippen LogP contribution >= 0.6 is 11.3 Å². The minimum absolute atomic E-state index is 0.758. The lowest BCUT2D eigenvalue weighted by atomic mass is 10.1. The molecular weight excluding hydrogens is 280 g/mol. The molecule has 0 bridgehead atoms. The third-order valence-corrected chi connectivity index (χ3v) is 4.99. The van der Waals surface area contributed by atoms with Crippen molar-refractivity contribution in [1.82, 2.24) is 10.3 Å². The second kappa shape index (κ2) is 6.58. The van der Waals surface area contributed by atoms with Crippen LogP contribution in [0.25, 0.3) is 0 Å². The van der Waals surface area contributed by atoms with E-state index in [2.05, 4.69) is 37.4 Å². The third-order valence-electron chi connectivity index (χ3n) is 3.84. The molecule has 0 fully saturated rings. The van der Waals surface area contributed by atoms with Gasteiger partial charge in [0, 0.05) is 30.8 Å². The molecule has 2 aromatic rings. The highest BCUT2D eigenvalue weighted by molar-refractivity contribution is 7.11. The fraction of sp³-hybridized carbons (Fsp3) is 0.471. The van der Waals surface area contributed by atoms with E-state index in [1.165, 1.54) is 26.7 Å².